The van der Waals surface area contributed by atoms with Gasteiger partial charge in [-0.25, -0.2) is 4.98 Å². The number of para-hydroxylation sites is 1. The van der Waals surface area contributed by atoms with Gasteiger partial charge in [-0.15, -0.1) is 12.4 Å². The van der Waals surface area contributed by atoms with Crippen molar-refractivity contribution >= 4 is 56.6 Å². The molecule has 0 radical (unpaired) electrons. The molecule has 0 spiro atoms. The highest BCUT2D eigenvalue weighted by atomic mass is 35.5. The lowest BCUT2D eigenvalue weighted by Gasteiger charge is -2.25. The Kier molecular flexibility index (Phi) is 10.0. The molecule has 0 saturated heterocycles. The number of anilines is 1. The predicted molar refractivity (Wildman–Crippen MR) is 137 cm³/mol. The Morgan fingerprint density at radius 3 is 2.30 bits per heavy atom. The lowest BCUT2D eigenvalue weighted by atomic mass is 10.1. The number of amides is 1. The zero-order valence-electron chi connectivity index (χ0n) is 19.4. The van der Waals surface area contributed by atoms with E-state index in [0.29, 0.717) is 51.6 Å². The number of halogens is 2. The average Bonchev–Trinajstić information content (AvgIpc) is 3.27. The zero-order valence-corrected chi connectivity index (χ0v) is 21.8. The van der Waals surface area contributed by atoms with Crippen molar-refractivity contribution in [2.75, 3.05) is 52.4 Å². The average molecular weight is 514 g/mol. The normalized spacial score (nSPS) is 10.8. The van der Waals surface area contributed by atoms with Gasteiger partial charge in [0.1, 0.15) is 11.3 Å². The fourth-order valence-corrected chi connectivity index (χ4v) is 4.77. The standard InChI is InChI=1S/C23H28ClN3O4S.ClH/c1-6-26(7-2)13-14-27(22(28)15-9-8-10-18(30-4)20(15)31-5)23-25-19-17(29-3)12-11-16(24)21(19)32-23;/h8-12H,6-7,13-14H2,1-5H3;1H. The molecule has 1 heterocycles. The maximum absolute atomic E-state index is 13.8. The number of methoxy groups -OCH3 is 3. The van der Waals surface area contributed by atoms with E-state index < -0.39 is 0 Å². The van der Waals surface area contributed by atoms with Crippen LogP contribution in [-0.4, -0.2) is 63.3 Å². The number of ether oxygens (including phenoxy) is 3. The maximum Gasteiger partial charge on any atom is 0.264 e. The van der Waals surface area contributed by atoms with Crippen LogP contribution >= 0.6 is 35.3 Å². The molecule has 180 valence electrons. The van der Waals surface area contributed by atoms with E-state index >= 15 is 0 Å². The van der Waals surface area contributed by atoms with E-state index in [-0.39, 0.29) is 18.3 Å². The Morgan fingerprint density at radius 2 is 1.70 bits per heavy atom. The summed E-state index contributed by atoms with van der Waals surface area (Å²) in [5, 5.41) is 1.12. The number of thiazole rings is 1. The SMILES string of the molecule is CCN(CC)CCN(C(=O)c1cccc(OC)c1OC)c1nc2c(OC)ccc(Cl)c2s1.Cl. The largest absolute Gasteiger partial charge is 0.494 e. The molecule has 10 heteroatoms. The van der Waals surface area contributed by atoms with Gasteiger partial charge in [0.2, 0.25) is 0 Å². The molecule has 7 nitrogen and oxygen atoms in total. The van der Waals surface area contributed by atoms with Gasteiger partial charge >= 0.3 is 0 Å². The molecule has 0 aliphatic heterocycles. The molecular formula is C23H29Cl2N3O4S. The summed E-state index contributed by atoms with van der Waals surface area (Å²) < 4.78 is 17.1. The molecule has 0 unspecified atom stereocenters. The number of nitrogens with zero attached hydrogens (tertiary/aromatic N) is 3. The zero-order chi connectivity index (χ0) is 23.3. The molecule has 1 aromatic heterocycles. The van der Waals surface area contributed by atoms with Crippen LogP contribution in [0.3, 0.4) is 0 Å². The number of likely N-dealkylation sites (N-methyl/N-ethyl adjacent to an activating group) is 1. The van der Waals surface area contributed by atoms with Crippen molar-refractivity contribution in [2.24, 2.45) is 0 Å². The fraction of sp³-hybridized carbons (Fsp3) is 0.391. The topological polar surface area (TPSA) is 64.1 Å². The van der Waals surface area contributed by atoms with Crippen molar-refractivity contribution in [1.29, 1.82) is 0 Å². The van der Waals surface area contributed by atoms with Crippen LogP contribution in [0.25, 0.3) is 10.2 Å². The third-order valence-electron chi connectivity index (χ3n) is 5.31. The molecule has 0 fully saturated rings. The van der Waals surface area contributed by atoms with Crippen LogP contribution in [0.1, 0.15) is 24.2 Å². The Hall–Kier alpha value is -2.26. The van der Waals surface area contributed by atoms with Gasteiger partial charge in [0.15, 0.2) is 16.6 Å². The molecule has 2 aromatic carbocycles. The Balaban J connectivity index is 0.00000385. The first kappa shape index (κ1) is 27.0. The number of hydrogen-bond acceptors (Lipinski definition) is 7. The van der Waals surface area contributed by atoms with Gasteiger partial charge in [0.25, 0.3) is 5.91 Å². The molecule has 3 aromatic rings. The first-order valence-electron chi connectivity index (χ1n) is 10.4. The van der Waals surface area contributed by atoms with Gasteiger partial charge in [-0.3, -0.25) is 9.69 Å². The van der Waals surface area contributed by atoms with E-state index in [1.54, 1.807) is 49.5 Å². The van der Waals surface area contributed by atoms with E-state index in [4.69, 9.17) is 30.8 Å². The van der Waals surface area contributed by atoms with E-state index in [0.717, 1.165) is 17.8 Å². The number of aromatic nitrogens is 1. The molecule has 0 aliphatic carbocycles. The second kappa shape index (κ2) is 12.3. The molecule has 0 atom stereocenters. The second-order valence-electron chi connectivity index (χ2n) is 6.95. The number of rotatable bonds is 10. The second-order valence-corrected chi connectivity index (χ2v) is 8.33. The summed E-state index contributed by atoms with van der Waals surface area (Å²) in [7, 11) is 4.66. The van der Waals surface area contributed by atoms with Crippen LogP contribution in [0.5, 0.6) is 17.2 Å². The summed E-state index contributed by atoms with van der Waals surface area (Å²) >= 11 is 7.79. The predicted octanol–water partition coefficient (Wildman–Crippen LogP) is 5.39. The van der Waals surface area contributed by atoms with Crippen molar-refractivity contribution < 1.29 is 19.0 Å². The Bertz CT molecular complexity index is 1090. The van der Waals surface area contributed by atoms with Gasteiger partial charge < -0.3 is 19.1 Å². The summed E-state index contributed by atoms with van der Waals surface area (Å²) in [6.07, 6.45) is 0. The first-order valence-corrected chi connectivity index (χ1v) is 11.6. The molecule has 0 aliphatic rings. The van der Waals surface area contributed by atoms with Crippen LogP contribution in [-0.2, 0) is 0 Å². The summed E-state index contributed by atoms with van der Waals surface area (Å²) in [6, 6.07) is 8.82. The fourth-order valence-electron chi connectivity index (χ4n) is 3.49. The van der Waals surface area contributed by atoms with Crippen molar-refractivity contribution in [2.45, 2.75) is 13.8 Å². The highest BCUT2D eigenvalue weighted by Gasteiger charge is 2.27. The molecule has 0 N–H and O–H groups in total. The van der Waals surface area contributed by atoms with Gasteiger partial charge in [-0.05, 0) is 37.4 Å². The smallest absolute Gasteiger partial charge is 0.264 e. The molecular weight excluding hydrogens is 485 g/mol. The number of benzene rings is 2. The van der Waals surface area contributed by atoms with Gasteiger partial charge in [0.05, 0.1) is 36.6 Å². The monoisotopic (exact) mass is 513 g/mol. The van der Waals surface area contributed by atoms with Crippen LogP contribution in [0.15, 0.2) is 30.3 Å². The summed E-state index contributed by atoms with van der Waals surface area (Å²) in [6.45, 7) is 7.14. The van der Waals surface area contributed by atoms with Crippen molar-refractivity contribution in [3.05, 3.63) is 40.9 Å². The minimum atomic E-state index is -0.220. The third kappa shape index (κ3) is 5.63. The highest BCUT2D eigenvalue weighted by Crippen LogP contribution is 2.40. The van der Waals surface area contributed by atoms with E-state index in [1.807, 2.05) is 0 Å². The molecule has 0 saturated carbocycles. The van der Waals surface area contributed by atoms with Gasteiger partial charge in [-0.2, -0.15) is 0 Å². The maximum atomic E-state index is 13.8. The number of hydrogen-bond donors (Lipinski definition) is 0. The Labute approximate surface area is 209 Å². The summed E-state index contributed by atoms with van der Waals surface area (Å²) in [5.74, 6) is 1.28. The Morgan fingerprint density at radius 1 is 1.00 bits per heavy atom. The lowest BCUT2D eigenvalue weighted by molar-refractivity contribution is 0.0980. The minimum absolute atomic E-state index is 0. The quantitative estimate of drug-likeness (QED) is 0.362. The number of carbonyl (C=O) groups is 1. The van der Waals surface area contributed by atoms with Crippen LogP contribution in [0.2, 0.25) is 5.02 Å². The van der Waals surface area contributed by atoms with Crippen LogP contribution in [0.4, 0.5) is 5.13 Å². The van der Waals surface area contributed by atoms with Crippen molar-refractivity contribution in [1.82, 2.24) is 9.88 Å². The van der Waals surface area contributed by atoms with E-state index in [2.05, 4.69) is 18.7 Å². The molecule has 1 amide bonds. The van der Waals surface area contributed by atoms with Gasteiger partial charge in [0, 0.05) is 13.1 Å². The van der Waals surface area contributed by atoms with Gasteiger partial charge in [-0.1, -0.05) is 42.9 Å². The van der Waals surface area contributed by atoms with Crippen LogP contribution in [0, 0.1) is 0 Å². The minimum Gasteiger partial charge on any atom is -0.494 e. The summed E-state index contributed by atoms with van der Waals surface area (Å²) in [5.41, 5.74) is 1.04. The van der Waals surface area contributed by atoms with E-state index in [1.165, 1.54) is 18.4 Å². The third-order valence-corrected chi connectivity index (χ3v) is 6.85. The molecule has 33 heavy (non-hydrogen) atoms. The van der Waals surface area contributed by atoms with E-state index in [9.17, 15) is 4.79 Å². The first-order chi connectivity index (χ1) is 15.5. The molecule has 0 bridgehead atoms. The van der Waals surface area contributed by atoms with Crippen LogP contribution < -0.4 is 19.1 Å². The van der Waals surface area contributed by atoms with Crippen molar-refractivity contribution in [3.63, 3.8) is 0 Å². The summed E-state index contributed by atoms with van der Waals surface area (Å²) in [4.78, 5) is 22.4. The lowest BCUT2D eigenvalue weighted by Crippen LogP contribution is -2.39. The van der Waals surface area contributed by atoms with Crippen molar-refractivity contribution in [3.8, 4) is 17.2 Å². The number of carbonyl (C=O) groups excluding carboxylic acids is 1. The molecule has 3 rings (SSSR count). The highest BCUT2D eigenvalue weighted by molar-refractivity contribution is 7.23. The number of fused-ring (bicyclic) bond motifs is 1.